The molecule has 3 heteroatoms. The predicted octanol–water partition coefficient (Wildman–Crippen LogP) is 3.01. The Balaban J connectivity index is 1.70. The molecular formula is C15H26N2O. The first-order valence-electron chi connectivity index (χ1n) is 7.26. The SMILES string of the molecule is CC(CCN)CCCN(Cc1ccco1)C1CC1. The van der Waals surface area contributed by atoms with Crippen molar-refractivity contribution in [2.24, 2.45) is 11.7 Å². The Morgan fingerprint density at radius 3 is 2.89 bits per heavy atom. The van der Waals surface area contributed by atoms with E-state index in [2.05, 4.69) is 17.9 Å². The van der Waals surface area contributed by atoms with Crippen LogP contribution in [0.3, 0.4) is 0 Å². The summed E-state index contributed by atoms with van der Waals surface area (Å²) in [6.45, 7) is 5.30. The van der Waals surface area contributed by atoms with Crippen molar-refractivity contribution in [1.29, 1.82) is 0 Å². The summed E-state index contributed by atoms with van der Waals surface area (Å²) in [4.78, 5) is 2.58. The van der Waals surface area contributed by atoms with Crippen molar-refractivity contribution in [3.63, 3.8) is 0 Å². The topological polar surface area (TPSA) is 42.4 Å². The van der Waals surface area contributed by atoms with Crippen molar-refractivity contribution in [1.82, 2.24) is 4.90 Å². The van der Waals surface area contributed by atoms with Crippen molar-refractivity contribution in [2.45, 2.75) is 51.6 Å². The Hall–Kier alpha value is -0.800. The molecule has 3 nitrogen and oxygen atoms in total. The number of rotatable bonds is 9. The minimum absolute atomic E-state index is 0.764. The Kier molecular flexibility index (Phi) is 5.26. The average Bonchev–Trinajstić information content (AvgIpc) is 3.07. The largest absolute Gasteiger partial charge is 0.468 e. The first kappa shape index (κ1) is 13.6. The molecule has 2 N–H and O–H groups in total. The van der Waals surface area contributed by atoms with Crippen LogP contribution in [0.15, 0.2) is 22.8 Å². The third-order valence-electron chi connectivity index (χ3n) is 3.80. The molecule has 0 amide bonds. The number of nitrogens with zero attached hydrogens (tertiary/aromatic N) is 1. The molecule has 102 valence electrons. The second-order valence-electron chi connectivity index (χ2n) is 5.61. The average molecular weight is 250 g/mol. The van der Waals surface area contributed by atoms with Gasteiger partial charge in [0.2, 0.25) is 0 Å². The zero-order valence-electron chi connectivity index (χ0n) is 11.5. The van der Waals surface area contributed by atoms with E-state index in [0.717, 1.165) is 37.2 Å². The standard InChI is InChI=1S/C15H26N2O/c1-13(8-9-16)4-2-10-17(14-6-7-14)12-15-5-3-11-18-15/h3,5,11,13-14H,2,4,6-10,12,16H2,1H3. The molecule has 0 aliphatic heterocycles. The number of nitrogens with two attached hydrogens (primary N) is 1. The first-order valence-corrected chi connectivity index (χ1v) is 7.26. The zero-order valence-corrected chi connectivity index (χ0v) is 11.5. The summed E-state index contributed by atoms with van der Waals surface area (Å²) in [5, 5.41) is 0. The van der Waals surface area contributed by atoms with Crippen molar-refractivity contribution in [3.05, 3.63) is 24.2 Å². The zero-order chi connectivity index (χ0) is 12.8. The molecule has 0 aromatic carbocycles. The highest BCUT2D eigenvalue weighted by molar-refractivity contribution is 4.99. The van der Waals surface area contributed by atoms with Gasteiger partial charge in [0.1, 0.15) is 5.76 Å². The van der Waals surface area contributed by atoms with Gasteiger partial charge < -0.3 is 10.2 Å². The van der Waals surface area contributed by atoms with E-state index in [-0.39, 0.29) is 0 Å². The van der Waals surface area contributed by atoms with Crippen LogP contribution in [0.5, 0.6) is 0 Å². The second-order valence-corrected chi connectivity index (χ2v) is 5.61. The minimum atomic E-state index is 0.764. The van der Waals surface area contributed by atoms with Gasteiger partial charge in [0, 0.05) is 6.04 Å². The molecule has 1 atom stereocenters. The highest BCUT2D eigenvalue weighted by Gasteiger charge is 2.29. The van der Waals surface area contributed by atoms with Gasteiger partial charge in [-0.05, 0) is 63.2 Å². The van der Waals surface area contributed by atoms with Gasteiger partial charge in [0.05, 0.1) is 12.8 Å². The first-order chi connectivity index (χ1) is 8.79. The molecule has 2 rings (SSSR count). The van der Waals surface area contributed by atoms with Crippen molar-refractivity contribution in [2.75, 3.05) is 13.1 Å². The molecule has 0 bridgehead atoms. The highest BCUT2D eigenvalue weighted by atomic mass is 16.3. The van der Waals surface area contributed by atoms with Crippen LogP contribution >= 0.6 is 0 Å². The third-order valence-corrected chi connectivity index (χ3v) is 3.80. The summed E-state index contributed by atoms with van der Waals surface area (Å²) in [6, 6.07) is 4.86. The molecule has 1 aromatic heterocycles. The molecule has 0 spiro atoms. The van der Waals surface area contributed by atoms with Gasteiger partial charge in [0.15, 0.2) is 0 Å². The van der Waals surface area contributed by atoms with Gasteiger partial charge in [-0.15, -0.1) is 0 Å². The smallest absolute Gasteiger partial charge is 0.117 e. The molecule has 1 saturated carbocycles. The van der Waals surface area contributed by atoms with E-state index in [4.69, 9.17) is 10.2 Å². The maximum absolute atomic E-state index is 5.59. The third kappa shape index (κ3) is 4.46. The van der Waals surface area contributed by atoms with Crippen molar-refractivity contribution < 1.29 is 4.42 Å². The number of furan rings is 1. The summed E-state index contributed by atoms with van der Waals surface area (Å²) in [5.41, 5.74) is 5.59. The van der Waals surface area contributed by atoms with Crippen molar-refractivity contribution >= 4 is 0 Å². The summed E-state index contributed by atoms with van der Waals surface area (Å²) >= 11 is 0. The van der Waals surface area contributed by atoms with Gasteiger partial charge in [0.25, 0.3) is 0 Å². The Bertz CT molecular complexity index is 319. The summed E-state index contributed by atoms with van der Waals surface area (Å²) in [5.74, 6) is 1.86. The van der Waals surface area contributed by atoms with E-state index in [1.807, 2.05) is 6.07 Å². The lowest BCUT2D eigenvalue weighted by Crippen LogP contribution is -2.26. The second kappa shape index (κ2) is 6.95. The van der Waals surface area contributed by atoms with Crippen LogP contribution in [0.2, 0.25) is 0 Å². The van der Waals surface area contributed by atoms with E-state index in [1.165, 1.54) is 32.2 Å². The quantitative estimate of drug-likeness (QED) is 0.732. The van der Waals surface area contributed by atoms with Gasteiger partial charge in [-0.25, -0.2) is 0 Å². The molecule has 1 aromatic rings. The fraction of sp³-hybridized carbons (Fsp3) is 0.733. The van der Waals surface area contributed by atoms with Gasteiger partial charge >= 0.3 is 0 Å². The molecule has 18 heavy (non-hydrogen) atoms. The molecule has 1 unspecified atom stereocenters. The predicted molar refractivity (Wildman–Crippen MR) is 74.2 cm³/mol. The van der Waals surface area contributed by atoms with E-state index in [9.17, 15) is 0 Å². The summed E-state index contributed by atoms with van der Waals surface area (Å²) < 4.78 is 5.45. The maximum Gasteiger partial charge on any atom is 0.117 e. The molecule has 1 fully saturated rings. The lowest BCUT2D eigenvalue weighted by Gasteiger charge is -2.21. The van der Waals surface area contributed by atoms with Gasteiger partial charge in [-0.1, -0.05) is 6.92 Å². The van der Waals surface area contributed by atoms with Crippen LogP contribution in [0, 0.1) is 5.92 Å². The molecule has 1 aliphatic carbocycles. The molecule has 0 radical (unpaired) electrons. The van der Waals surface area contributed by atoms with Crippen LogP contribution in [0.1, 0.15) is 44.8 Å². The van der Waals surface area contributed by atoms with Crippen LogP contribution < -0.4 is 5.73 Å². The van der Waals surface area contributed by atoms with Gasteiger partial charge in [-0.3, -0.25) is 4.90 Å². The maximum atomic E-state index is 5.59. The van der Waals surface area contributed by atoms with E-state index >= 15 is 0 Å². The number of hydrogen-bond acceptors (Lipinski definition) is 3. The lowest BCUT2D eigenvalue weighted by molar-refractivity contribution is 0.224. The fourth-order valence-electron chi connectivity index (χ4n) is 2.50. The molecule has 1 heterocycles. The van der Waals surface area contributed by atoms with Crippen LogP contribution in [0.4, 0.5) is 0 Å². The van der Waals surface area contributed by atoms with Crippen LogP contribution in [0.25, 0.3) is 0 Å². The Morgan fingerprint density at radius 1 is 1.44 bits per heavy atom. The van der Waals surface area contributed by atoms with Crippen LogP contribution in [-0.4, -0.2) is 24.0 Å². The van der Waals surface area contributed by atoms with E-state index in [1.54, 1.807) is 6.26 Å². The monoisotopic (exact) mass is 250 g/mol. The van der Waals surface area contributed by atoms with Crippen molar-refractivity contribution in [3.8, 4) is 0 Å². The minimum Gasteiger partial charge on any atom is -0.468 e. The van der Waals surface area contributed by atoms with E-state index in [0.29, 0.717) is 0 Å². The molecule has 1 aliphatic rings. The van der Waals surface area contributed by atoms with Crippen LogP contribution in [-0.2, 0) is 6.54 Å². The lowest BCUT2D eigenvalue weighted by atomic mass is 10.0. The summed E-state index contributed by atoms with van der Waals surface area (Å²) in [7, 11) is 0. The Labute approximate surface area is 110 Å². The highest BCUT2D eigenvalue weighted by Crippen LogP contribution is 2.29. The Morgan fingerprint density at radius 2 is 2.28 bits per heavy atom. The summed E-state index contributed by atoms with van der Waals surface area (Å²) in [6.07, 6.45) is 8.21. The normalized spacial score (nSPS) is 17.3. The molecular weight excluding hydrogens is 224 g/mol. The van der Waals surface area contributed by atoms with Gasteiger partial charge in [-0.2, -0.15) is 0 Å². The van der Waals surface area contributed by atoms with E-state index < -0.39 is 0 Å². The fourth-order valence-corrected chi connectivity index (χ4v) is 2.50. The molecule has 0 saturated heterocycles. The number of hydrogen-bond donors (Lipinski definition) is 1.